The van der Waals surface area contributed by atoms with E-state index in [0.717, 1.165) is 32.2 Å². The first-order valence-electron chi connectivity index (χ1n) is 12.3. The molecule has 6 rings (SSSR count). The summed E-state index contributed by atoms with van der Waals surface area (Å²) < 4.78 is 17.9. The number of hydrogen-bond donors (Lipinski definition) is 1. The first kappa shape index (κ1) is 24.0. The number of Topliss-reactive ketones (excluding diaryl/α,β-unsaturated/α-hetero) is 1. The molecule has 0 bridgehead atoms. The number of ketones is 1. The van der Waals surface area contributed by atoms with Crippen LogP contribution in [0, 0.1) is 11.7 Å². The molecule has 7 nitrogen and oxygen atoms in total. The van der Waals surface area contributed by atoms with E-state index < -0.39 is 11.7 Å². The molecule has 190 valence electrons. The van der Waals surface area contributed by atoms with Gasteiger partial charge < -0.3 is 14.8 Å². The zero-order chi connectivity index (χ0) is 26.2. The van der Waals surface area contributed by atoms with Crippen LogP contribution in [0.5, 0.6) is 0 Å². The summed E-state index contributed by atoms with van der Waals surface area (Å²) in [6, 6.07) is 17.8. The molecule has 1 aliphatic rings. The van der Waals surface area contributed by atoms with Crippen LogP contribution < -0.4 is 10.2 Å². The van der Waals surface area contributed by atoms with E-state index in [1.165, 1.54) is 17.4 Å². The number of anilines is 3. The maximum absolute atomic E-state index is 15.1. The second-order valence-corrected chi connectivity index (χ2v) is 10.4. The number of halogens is 1. The van der Waals surface area contributed by atoms with Crippen LogP contribution >= 0.6 is 11.3 Å². The monoisotopic (exact) mass is 525 g/mol. The number of hydrogen-bond acceptors (Lipinski definition) is 6. The van der Waals surface area contributed by atoms with Gasteiger partial charge in [0.1, 0.15) is 11.6 Å². The van der Waals surface area contributed by atoms with Gasteiger partial charge in [-0.1, -0.05) is 24.3 Å². The largest absolute Gasteiger partial charge is 0.352 e. The fraction of sp³-hybridized carbons (Fsp3) is 0.172. The number of thiophene rings is 1. The SMILES string of the molecule is Cn1cnc(-c2cc3nccc(Nc4ccc(CC(=O)C5CCN(c6ccccc6)C5=O)cc4F)c3s2)c1. The van der Waals surface area contributed by atoms with Gasteiger partial charge in [-0.15, -0.1) is 11.3 Å². The van der Waals surface area contributed by atoms with Gasteiger partial charge in [-0.3, -0.25) is 14.6 Å². The molecule has 4 heterocycles. The summed E-state index contributed by atoms with van der Waals surface area (Å²) in [6.07, 6.45) is 5.84. The Hall–Kier alpha value is -4.37. The molecule has 1 saturated heterocycles. The van der Waals surface area contributed by atoms with Crippen molar-refractivity contribution in [2.45, 2.75) is 12.8 Å². The lowest BCUT2D eigenvalue weighted by Gasteiger charge is -2.16. The molecule has 0 spiro atoms. The molecular weight excluding hydrogens is 501 g/mol. The number of fused-ring (bicyclic) bond motifs is 1. The molecule has 0 aliphatic carbocycles. The van der Waals surface area contributed by atoms with Gasteiger partial charge in [0.15, 0.2) is 0 Å². The number of aromatic nitrogens is 3. The Kier molecular flexibility index (Phi) is 6.21. The smallest absolute Gasteiger partial charge is 0.237 e. The third kappa shape index (κ3) is 4.56. The molecule has 1 fully saturated rings. The van der Waals surface area contributed by atoms with Crippen LogP contribution in [0.4, 0.5) is 21.5 Å². The summed E-state index contributed by atoms with van der Waals surface area (Å²) in [4.78, 5) is 37.3. The minimum Gasteiger partial charge on any atom is -0.352 e. The summed E-state index contributed by atoms with van der Waals surface area (Å²) >= 11 is 1.54. The number of para-hydroxylation sites is 1. The van der Waals surface area contributed by atoms with Crippen molar-refractivity contribution in [3.63, 3.8) is 0 Å². The number of aryl methyl sites for hydroxylation is 1. The third-order valence-electron chi connectivity index (χ3n) is 6.71. The second kappa shape index (κ2) is 9.83. The minimum atomic E-state index is -0.701. The normalized spacial score (nSPS) is 15.4. The molecule has 0 saturated carbocycles. The van der Waals surface area contributed by atoms with Crippen LogP contribution in [0.3, 0.4) is 0 Å². The Morgan fingerprint density at radius 3 is 2.71 bits per heavy atom. The minimum absolute atomic E-state index is 0.00803. The van der Waals surface area contributed by atoms with Crippen LogP contribution in [-0.2, 0) is 23.1 Å². The Balaban J connectivity index is 1.17. The van der Waals surface area contributed by atoms with Gasteiger partial charge in [0.2, 0.25) is 5.91 Å². The van der Waals surface area contributed by atoms with Gasteiger partial charge in [-0.25, -0.2) is 9.37 Å². The molecule has 0 radical (unpaired) electrons. The second-order valence-electron chi connectivity index (χ2n) is 9.36. The van der Waals surface area contributed by atoms with Crippen LogP contribution in [0.25, 0.3) is 20.8 Å². The van der Waals surface area contributed by atoms with Crippen LogP contribution in [-0.4, -0.2) is 32.8 Å². The van der Waals surface area contributed by atoms with Gasteiger partial charge in [0, 0.05) is 38.1 Å². The van der Waals surface area contributed by atoms with E-state index in [1.54, 1.807) is 29.6 Å². The third-order valence-corrected chi connectivity index (χ3v) is 7.89. The molecule has 9 heteroatoms. The average Bonchev–Trinajstić information content (AvgIpc) is 3.64. The molecule has 2 aromatic carbocycles. The number of carbonyl (C=O) groups is 2. The summed E-state index contributed by atoms with van der Waals surface area (Å²) in [5, 5.41) is 3.18. The van der Waals surface area contributed by atoms with Gasteiger partial charge >= 0.3 is 0 Å². The number of rotatable bonds is 7. The van der Waals surface area contributed by atoms with Crippen molar-refractivity contribution in [3.05, 3.63) is 90.8 Å². The number of nitrogens with one attached hydrogen (secondary N) is 1. The van der Waals surface area contributed by atoms with E-state index in [2.05, 4.69) is 15.3 Å². The molecule has 1 N–H and O–H groups in total. The lowest BCUT2D eigenvalue weighted by molar-refractivity contribution is -0.130. The predicted octanol–water partition coefficient (Wildman–Crippen LogP) is 5.74. The van der Waals surface area contributed by atoms with Gasteiger partial charge in [0.25, 0.3) is 0 Å². The quantitative estimate of drug-likeness (QED) is 0.274. The summed E-state index contributed by atoms with van der Waals surface area (Å²) in [5.41, 5.74) is 4.02. The topological polar surface area (TPSA) is 80.1 Å². The standard InChI is InChI=1S/C29H24FN5O2S/c1-34-16-25(32-17-34)27-15-24-28(38-27)23(9-11-31-24)33-22-8-7-18(13-21(22)30)14-26(36)20-10-12-35(29(20)37)19-5-3-2-4-6-19/h2-9,11,13,15-17,20H,10,12,14H2,1H3,(H,31,33). The van der Waals surface area contributed by atoms with E-state index in [1.807, 2.05) is 60.3 Å². The molecule has 1 unspecified atom stereocenters. The van der Waals surface area contributed by atoms with E-state index in [4.69, 9.17) is 0 Å². The highest BCUT2D eigenvalue weighted by atomic mass is 32.1. The van der Waals surface area contributed by atoms with Crippen molar-refractivity contribution in [3.8, 4) is 10.6 Å². The Bertz CT molecular complexity index is 1660. The van der Waals surface area contributed by atoms with Crippen LogP contribution in [0.15, 0.2) is 79.4 Å². The molecule has 1 amide bonds. The van der Waals surface area contributed by atoms with Gasteiger partial charge in [0.05, 0.1) is 44.4 Å². The molecule has 38 heavy (non-hydrogen) atoms. The molecule has 5 aromatic rings. The van der Waals surface area contributed by atoms with E-state index in [0.29, 0.717) is 24.2 Å². The number of nitrogens with zero attached hydrogens (tertiary/aromatic N) is 4. The van der Waals surface area contributed by atoms with Crippen molar-refractivity contribution in [1.82, 2.24) is 14.5 Å². The van der Waals surface area contributed by atoms with Crippen molar-refractivity contribution in [2.75, 3.05) is 16.8 Å². The maximum atomic E-state index is 15.1. The summed E-state index contributed by atoms with van der Waals surface area (Å²) in [7, 11) is 1.92. The van der Waals surface area contributed by atoms with Crippen molar-refractivity contribution in [2.24, 2.45) is 13.0 Å². The van der Waals surface area contributed by atoms with Crippen LogP contribution in [0.2, 0.25) is 0 Å². The van der Waals surface area contributed by atoms with Crippen LogP contribution in [0.1, 0.15) is 12.0 Å². The van der Waals surface area contributed by atoms with E-state index in [9.17, 15) is 9.59 Å². The number of carbonyl (C=O) groups excluding carboxylic acids is 2. The zero-order valence-corrected chi connectivity index (χ0v) is 21.4. The van der Waals surface area contributed by atoms with Crippen molar-refractivity contribution >= 4 is 50.3 Å². The maximum Gasteiger partial charge on any atom is 0.237 e. The zero-order valence-electron chi connectivity index (χ0n) is 20.6. The number of benzene rings is 2. The molecular formula is C29H24FN5O2S. The Labute approximate surface area is 222 Å². The first-order valence-corrected chi connectivity index (χ1v) is 13.1. The van der Waals surface area contributed by atoms with E-state index >= 15 is 4.39 Å². The fourth-order valence-electron chi connectivity index (χ4n) is 4.79. The van der Waals surface area contributed by atoms with Crippen molar-refractivity contribution in [1.29, 1.82) is 0 Å². The highest BCUT2D eigenvalue weighted by Crippen LogP contribution is 2.37. The summed E-state index contributed by atoms with van der Waals surface area (Å²) in [6.45, 7) is 0.502. The van der Waals surface area contributed by atoms with E-state index in [-0.39, 0.29) is 18.1 Å². The highest BCUT2D eigenvalue weighted by Gasteiger charge is 2.37. The predicted molar refractivity (Wildman–Crippen MR) is 147 cm³/mol. The number of imidazole rings is 1. The average molecular weight is 526 g/mol. The number of amides is 1. The number of pyridine rings is 1. The lowest BCUT2D eigenvalue weighted by Crippen LogP contribution is -2.30. The fourth-order valence-corrected chi connectivity index (χ4v) is 5.83. The van der Waals surface area contributed by atoms with Gasteiger partial charge in [-0.2, -0.15) is 0 Å². The van der Waals surface area contributed by atoms with Gasteiger partial charge in [-0.05, 0) is 48.4 Å². The Morgan fingerprint density at radius 2 is 1.95 bits per heavy atom. The Morgan fingerprint density at radius 1 is 1.11 bits per heavy atom. The highest BCUT2D eigenvalue weighted by molar-refractivity contribution is 7.22. The summed E-state index contributed by atoms with van der Waals surface area (Å²) in [5.74, 6) is -1.55. The lowest BCUT2D eigenvalue weighted by atomic mass is 9.96. The molecule has 1 atom stereocenters. The van der Waals surface area contributed by atoms with Crippen molar-refractivity contribution < 1.29 is 14.0 Å². The first-order chi connectivity index (χ1) is 18.5. The molecule has 3 aromatic heterocycles. The molecule has 1 aliphatic heterocycles.